The summed E-state index contributed by atoms with van der Waals surface area (Å²) in [4.78, 5) is 44.7. The molecular formula is C29H42N2O4S. The van der Waals surface area contributed by atoms with E-state index >= 15 is 0 Å². The van der Waals surface area contributed by atoms with Crippen LogP contribution in [0.1, 0.15) is 107 Å². The van der Waals surface area contributed by atoms with Crippen molar-refractivity contribution in [3.05, 3.63) is 15.3 Å². The van der Waals surface area contributed by atoms with Crippen LogP contribution >= 0.6 is 11.3 Å². The van der Waals surface area contributed by atoms with E-state index in [1.165, 1.54) is 0 Å². The number of hydrogen-bond donors (Lipinski definition) is 1. The number of amides is 2. The lowest BCUT2D eigenvalue weighted by molar-refractivity contribution is -0.136. The third-order valence-corrected chi connectivity index (χ3v) is 8.52. The highest BCUT2D eigenvalue weighted by atomic mass is 32.1. The van der Waals surface area contributed by atoms with Crippen molar-refractivity contribution in [3.8, 4) is 11.8 Å². The summed E-state index contributed by atoms with van der Waals surface area (Å²) in [7, 11) is 0. The number of carboxylic acid groups (broad SMARTS) is 1. The monoisotopic (exact) mass is 514 g/mol. The van der Waals surface area contributed by atoms with Gasteiger partial charge in [-0.1, -0.05) is 18.8 Å². The SMILES string of the molecule is Cc1c(C#CC(C)(C)C)sc(C(=O)O)c1N(C(=O)C1CCC(C)CC1)C1CCCCN(C(C)C)C1=O. The molecule has 2 aliphatic rings. The summed E-state index contributed by atoms with van der Waals surface area (Å²) >= 11 is 1.11. The lowest BCUT2D eigenvalue weighted by Gasteiger charge is -2.38. The van der Waals surface area contributed by atoms with Crippen LogP contribution in [-0.2, 0) is 9.59 Å². The van der Waals surface area contributed by atoms with E-state index in [0.29, 0.717) is 35.0 Å². The van der Waals surface area contributed by atoms with E-state index in [4.69, 9.17) is 0 Å². The Morgan fingerprint density at radius 3 is 2.31 bits per heavy atom. The molecule has 7 heteroatoms. The van der Waals surface area contributed by atoms with Gasteiger partial charge in [0.15, 0.2) is 0 Å². The molecule has 6 nitrogen and oxygen atoms in total. The maximum atomic E-state index is 14.2. The number of aromatic carboxylic acids is 1. The Morgan fingerprint density at radius 1 is 1.11 bits per heavy atom. The molecule has 1 N–H and O–H groups in total. The Balaban J connectivity index is 2.18. The first-order valence-corrected chi connectivity index (χ1v) is 14.2. The van der Waals surface area contributed by atoms with E-state index < -0.39 is 12.0 Å². The highest BCUT2D eigenvalue weighted by molar-refractivity contribution is 7.15. The lowest BCUT2D eigenvalue weighted by Crippen LogP contribution is -2.54. The second-order valence-corrected chi connectivity index (χ2v) is 12.9. The maximum absolute atomic E-state index is 14.2. The van der Waals surface area contributed by atoms with E-state index in [1.807, 2.05) is 46.4 Å². The predicted octanol–water partition coefficient (Wildman–Crippen LogP) is 6.10. The summed E-state index contributed by atoms with van der Waals surface area (Å²) in [5, 5.41) is 10.2. The third-order valence-electron chi connectivity index (χ3n) is 7.33. The van der Waals surface area contributed by atoms with Gasteiger partial charge in [0.1, 0.15) is 10.9 Å². The summed E-state index contributed by atoms with van der Waals surface area (Å²) in [6, 6.07) is -0.683. The van der Waals surface area contributed by atoms with Gasteiger partial charge >= 0.3 is 5.97 Å². The highest BCUT2D eigenvalue weighted by Crippen LogP contribution is 2.41. The molecule has 1 saturated heterocycles. The first-order chi connectivity index (χ1) is 16.8. The van der Waals surface area contributed by atoms with Gasteiger partial charge < -0.3 is 10.0 Å². The van der Waals surface area contributed by atoms with Crippen LogP contribution in [0.2, 0.25) is 0 Å². The van der Waals surface area contributed by atoms with E-state index in [2.05, 4.69) is 18.8 Å². The summed E-state index contributed by atoms with van der Waals surface area (Å²) < 4.78 is 0. The van der Waals surface area contributed by atoms with Gasteiger partial charge in [0, 0.05) is 29.5 Å². The smallest absolute Gasteiger partial charge is 0.348 e. The first kappa shape index (κ1) is 28.2. The molecule has 1 aliphatic heterocycles. The van der Waals surface area contributed by atoms with Crippen molar-refractivity contribution in [2.45, 2.75) is 105 Å². The van der Waals surface area contributed by atoms with Gasteiger partial charge in [-0.3, -0.25) is 14.5 Å². The van der Waals surface area contributed by atoms with Crippen LogP contribution in [0.3, 0.4) is 0 Å². The zero-order valence-electron chi connectivity index (χ0n) is 22.9. The van der Waals surface area contributed by atoms with E-state index in [-0.39, 0.29) is 34.1 Å². The minimum Gasteiger partial charge on any atom is -0.477 e. The number of thiophene rings is 1. The summed E-state index contributed by atoms with van der Waals surface area (Å²) in [6.07, 6.45) is 5.71. The van der Waals surface area contributed by atoms with Crippen molar-refractivity contribution in [3.63, 3.8) is 0 Å². The quantitative estimate of drug-likeness (QED) is 0.482. The molecule has 3 rings (SSSR count). The molecule has 1 unspecified atom stereocenters. The number of carboxylic acids is 1. The zero-order chi connectivity index (χ0) is 26.8. The van der Waals surface area contributed by atoms with Crippen molar-refractivity contribution in [1.29, 1.82) is 0 Å². The van der Waals surface area contributed by atoms with Crippen molar-refractivity contribution in [2.75, 3.05) is 11.4 Å². The molecule has 0 spiro atoms. The molecule has 1 saturated carbocycles. The van der Waals surface area contributed by atoms with Crippen molar-refractivity contribution in [1.82, 2.24) is 4.90 Å². The number of hydrogen-bond acceptors (Lipinski definition) is 4. The number of anilines is 1. The van der Waals surface area contributed by atoms with Crippen LogP contribution in [-0.4, -0.2) is 46.4 Å². The van der Waals surface area contributed by atoms with Crippen LogP contribution in [0, 0.1) is 36.0 Å². The van der Waals surface area contributed by atoms with Gasteiger partial charge in [-0.25, -0.2) is 4.79 Å². The number of nitrogens with zero attached hydrogens (tertiary/aromatic N) is 2. The summed E-state index contributed by atoms with van der Waals surface area (Å²) in [5.41, 5.74) is 0.807. The number of carbonyl (C=O) groups excluding carboxylic acids is 2. The van der Waals surface area contributed by atoms with E-state index in [0.717, 1.165) is 49.9 Å². The fourth-order valence-corrected chi connectivity index (χ4v) is 6.22. The average molecular weight is 515 g/mol. The molecular weight excluding hydrogens is 472 g/mol. The molecule has 0 radical (unpaired) electrons. The van der Waals surface area contributed by atoms with Gasteiger partial charge in [0.2, 0.25) is 11.8 Å². The maximum Gasteiger partial charge on any atom is 0.348 e. The second-order valence-electron chi connectivity index (χ2n) is 11.8. The number of rotatable bonds is 5. The van der Waals surface area contributed by atoms with Gasteiger partial charge in [0.25, 0.3) is 0 Å². The fourth-order valence-electron chi connectivity index (χ4n) is 5.22. The minimum absolute atomic E-state index is 0.0151. The Morgan fingerprint density at radius 2 is 1.75 bits per heavy atom. The molecule has 2 fully saturated rings. The van der Waals surface area contributed by atoms with Gasteiger partial charge in [-0.05, 0) is 92.4 Å². The molecule has 0 aromatic carbocycles. The van der Waals surface area contributed by atoms with Gasteiger partial charge in [-0.15, -0.1) is 11.3 Å². The Labute approximate surface area is 220 Å². The van der Waals surface area contributed by atoms with Crippen LogP contribution in [0.15, 0.2) is 0 Å². The molecule has 0 bridgehead atoms. The standard InChI is InChI=1S/C29H42N2O4S/c1-18(2)30-17-9-8-10-22(27(30)33)31(26(32)21-13-11-19(3)12-14-21)24-20(4)23(15-16-29(5,6)7)36-25(24)28(34)35/h18-19,21-22H,8-14,17H2,1-7H3,(H,34,35). The normalized spacial score (nSPS) is 23.2. The lowest BCUT2D eigenvalue weighted by atomic mass is 9.82. The molecule has 1 aliphatic carbocycles. The molecule has 2 amide bonds. The van der Waals surface area contributed by atoms with E-state index in [9.17, 15) is 19.5 Å². The molecule has 36 heavy (non-hydrogen) atoms. The minimum atomic E-state index is -1.08. The number of carbonyl (C=O) groups is 3. The second kappa shape index (κ2) is 11.4. The van der Waals surface area contributed by atoms with Gasteiger partial charge in [-0.2, -0.15) is 0 Å². The summed E-state index contributed by atoms with van der Waals surface area (Å²) in [6.45, 7) is 14.7. The Hall–Kier alpha value is -2.33. The van der Waals surface area contributed by atoms with Crippen molar-refractivity contribution >= 4 is 34.8 Å². The topological polar surface area (TPSA) is 77.9 Å². The van der Waals surface area contributed by atoms with Crippen LogP contribution < -0.4 is 4.90 Å². The summed E-state index contributed by atoms with van der Waals surface area (Å²) in [5.74, 6) is 5.49. The molecule has 1 atom stereocenters. The van der Waals surface area contributed by atoms with Gasteiger partial charge in [0.05, 0.1) is 10.6 Å². The largest absolute Gasteiger partial charge is 0.477 e. The Kier molecular flexibility index (Phi) is 8.93. The van der Waals surface area contributed by atoms with Crippen LogP contribution in [0.25, 0.3) is 0 Å². The molecule has 1 aromatic heterocycles. The van der Waals surface area contributed by atoms with Crippen LogP contribution in [0.5, 0.6) is 0 Å². The predicted molar refractivity (Wildman–Crippen MR) is 145 cm³/mol. The Bertz CT molecular complexity index is 1050. The fraction of sp³-hybridized carbons (Fsp3) is 0.690. The average Bonchev–Trinajstić information content (AvgIpc) is 2.99. The van der Waals surface area contributed by atoms with E-state index in [1.54, 1.807) is 4.90 Å². The molecule has 198 valence electrons. The first-order valence-electron chi connectivity index (χ1n) is 13.3. The number of likely N-dealkylation sites (tertiary alicyclic amines) is 1. The zero-order valence-corrected chi connectivity index (χ0v) is 23.8. The molecule has 1 aromatic rings. The van der Waals surface area contributed by atoms with Crippen molar-refractivity contribution < 1.29 is 19.5 Å². The highest BCUT2D eigenvalue weighted by Gasteiger charge is 2.42. The van der Waals surface area contributed by atoms with Crippen molar-refractivity contribution in [2.24, 2.45) is 17.3 Å². The molecule has 2 heterocycles. The van der Waals surface area contributed by atoms with Crippen LogP contribution in [0.4, 0.5) is 5.69 Å². The third kappa shape index (κ3) is 6.32.